The van der Waals surface area contributed by atoms with Gasteiger partial charge in [0.15, 0.2) is 0 Å². The number of likely N-dealkylation sites (N-methyl/N-ethyl adjacent to an activating group) is 1. The van der Waals surface area contributed by atoms with Crippen LogP contribution in [0.3, 0.4) is 0 Å². The zero-order chi connectivity index (χ0) is 19.4. The smallest absolute Gasteiger partial charge is 0.338 e. The molecule has 2 atom stereocenters. The van der Waals surface area contributed by atoms with Crippen molar-refractivity contribution in [3.63, 3.8) is 0 Å². The van der Waals surface area contributed by atoms with Gasteiger partial charge in [0.25, 0.3) is 0 Å². The highest BCUT2D eigenvalue weighted by Gasteiger charge is 2.36. The lowest BCUT2D eigenvalue weighted by Crippen LogP contribution is -3.08. The Hall–Kier alpha value is -2.29. The van der Waals surface area contributed by atoms with Gasteiger partial charge in [-0.3, -0.25) is 0 Å². The molecular weight excluding hydrogens is 390 g/mol. The average Bonchev–Trinajstić information content (AvgIpc) is 3.26. The minimum atomic E-state index is -0.688. The maximum Gasteiger partial charge on any atom is 0.338 e. The van der Waals surface area contributed by atoms with Gasteiger partial charge in [0.05, 0.1) is 40.4 Å². The minimum Gasteiger partial charge on any atom is -0.467 e. The average molecular weight is 411 g/mol. The van der Waals surface area contributed by atoms with Crippen molar-refractivity contribution in [3.05, 3.63) is 56.8 Å². The van der Waals surface area contributed by atoms with E-state index in [0.29, 0.717) is 30.1 Å². The normalized spacial score (nSPS) is 18.0. The number of furan rings is 1. The second-order valence-corrected chi connectivity index (χ2v) is 7.98. The molecule has 0 aliphatic carbocycles. The number of hydrogen-bond donors (Lipinski definition) is 3. The molecule has 27 heavy (non-hydrogen) atoms. The number of thiophene rings is 1. The van der Waals surface area contributed by atoms with Gasteiger partial charge in [-0.1, -0.05) is 11.6 Å². The van der Waals surface area contributed by atoms with Gasteiger partial charge in [0, 0.05) is 0 Å². The molecule has 1 aliphatic heterocycles. The van der Waals surface area contributed by atoms with Crippen molar-refractivity contribution in [2.45, 2.75) is 19.5 Å². The first-order chi connectivity index (χ1) is 13.0. The van der Waals surface area contributed by atoms with Crippen molar-refractivity contribution >= 4 is 34.9 Å². The van der Waals surface area contributed by atoms with Gasteiger partial charge < -0.3 is 24.7 Å². The highest BCUT2D eigenvalue weighted by Crippen LogP contribution is 2.27. The predicted molar refractivity (Wildman–Crippen MR) is 102 cm³/mol. The first kappa shape index (κ1) is 19.5. The van der Waals surface area contributed by atoms with E-state index in [4.69, 9.17) is 20.8 Å². The number of esters is 1. The van der Waals surface area contributed by atoms with Crippen molar-refractivity contribution in [3.8, 4) is 0 Å². The second kappa shape index (κ2) is 8.60. The molecule has 0 bridgehead atoms. The molecule has 1 unspecified atom stereocenters. The van der Waals surface area contributed by atoms with E-state index in [-0.39, 0.29) is 12.6 Å². The number of carbonyl (C=O) groups excluding carboxylic acids is 2. The van der Waals surface area contributed by atoms with Crippen molar-refractivity contribution in [2.24, 2.45) is 0 Å². The number of rotatable bonds is 7. The maximum absolute atomic E-state index is 12.6. The number of amides is 2. The molecule has 7 nitrogen and oxygen atoms in total. The van der Waals surface area contributed by atoms with E-state index < -0.39 is 12.0 Å². The van der Waals surface area contributed by atoms with Gasteiger partial charge in [-0.25, -0.2) is 9.59 Å². The highest BCUT2D eigenvalue weighted by molar-refractivity contribution is 7.16. The molecule has 3 rings (SSSR count). The van der Waals surface area contributed by atoms with E-state index in [0.717, 1.165) is 14.1 Å². The number of quaternary nitrogens is 1. The molecule has 9 heteroatoms. The van der Waals surface area contributed by atoms with Crippen molar-refractivity contribution in [2.75, 3.05) is 20.2 Å². The van der Waals surface area contributed by atoms with Crippen molar-refractivity contribution in [1.82, 2.24) is 10.6 Å². The largest absolute Gasteiger partial charge is 0.467 e. The molecular formula is C18H21ClN3O4S+. The fraction of sp³-hybridized carbons (Fsp3) is 0.333. The standard InChI is InChI=1S/C18H20ClN3O4S/c1-3-25-17(23)15-12(10-22(2)9-11-6-7-14(19)27-11)20-18(24)21-16(15)13-5-4-8-26-13/h4-8,16H,3,9-10H2,1-2H3,(H2,20,21,24)/p+1/t16-/m0/s1. The predicted octanol–water partition coefficient (Wildman–Crippen LogP) is 1.88. The Labute approximate surface area is 165 Å². The van der Waals surface area contributed by atoms with Gasteiger partial charge in [-0.2, -0.15) is 0 Å². The summed E-state index contributed by atoms with van der Waals surface area (Å²) in [6.07, 6.45) is 1.50. The minimum absolute atomic E-state index is 0.241. The molecule has 0 aromatic carbocycles. The maximum atomic E-state index is 12.6. The Morgan fingerprint density at radius 1 is 1.37 bits per heavy atom. The first-order valence-electron chi connectivity index (χ1n) is 8.54. The van der Waals surface area contributed by atoms with Crippen molar-refractivity contribution < 1.29 is 23.6 Å². The van der Waals surface area contributed by atoms with Crippen LogP contribution in [0.15, 0.2) is 46.2 Å². The second-order valence-electron chi connectivity index (χ2n) is 6.18. The van der Waals surface area contributed by atoms with E-state index in [1.54, 1.807) is 19.1 Å². The lowest BCUT2D eigenvalue weighted by atomic mass is 10.00. The quantitative estimate of drug-likeness (QED) is 0.608. The highest BCUT2D eigenvalue weighted by atomic mass is 35.5. The lowest BCUT2D eigenvalue weighted by molar-refractivity contribution is -0.888. The molecule has 0 saturated heterocycles. The molecule has 144 valence electrons. The Kier molecular flexibility index (Phi) is 6.20. The number of ether oxygens (including phenoxy) is 1. The molecule has 0 spiro atoms. The molecule has 0 radical (unpaired) electrons. The summed E-state index contributed by atoms with van der Waals surface area (Å²) in [5.74, 6) is 0.00135. The van der Waals surface area contributed by atoms with Gasteiger partial charge in [0.2, 0.25) is 0 Å². The molecule has 2 aromatic heterocycles. The van der Waals surface area contributed by atoms with Crippen LogP contribution in [0.1, 0.15) is 23.6 Å². The van der Waals surface area contributed by atoms with Crippen molar-refractivity contribution in [1.29, 1.82) is 0 Å². The number of nitrogens with one attached hydrogen (secondary N) is 3. The van der Waals surface area contributed by atoms with Crippen LogP contribution in [-0.2, 0) is 16.1 Å². The fourth-order valence-electron chi connectivity index (χ4n) is 2.98. The lowest BCUT2D eigenvalue weighted by Gasteiger charge is -2.28. The summed E-state index contributed by atoms with van der Waals surface area (Å²) in [6, 6.07) is 6.20. The van der Waals surface area contributed by atoms with Crippen LogP contribution in [-0.4, -0.2) is 32.2 Å². The van der Waals surface area contributed by atoms with E-state index in [1.807, 2.05) is 19.2 Å². The molecule has 2 aromatic rings. The molecule has 3 N–H and O–H groups in total. The van der Waals surface area contributed by atoms with Gasteiger partial charge >= 0.3 is 12.0 Å². The number of hydrogen-bond acceptors (Lipinski definition) is 5. The van der Waals surface area contributed by atoms with E-state index in [2.05, 4.69) is 10.6 Å². The van der Waals surface area contributed by atoms with Crippen LogP contribution in [0.4, 0.5) is 4.79 Å². The number of urea groups is 1. The summed E-state index contributed by atoms with van der Waals surface area (Å²) < 4.78 is 11.4. The zero-order valence-corrected chi connectivity index (χ0v) is 16.6. The summed E-state index contributed by atoms with van der Waals surface area (Å²) in [5, 5.41) is 5.50. The van der Waals surface area contributed by atoms with Crippen LogP contribution in [0.25, 0.3) is 0 Å². The van der Waals surface area contributed by atoms with E-state index in [1.165, 1.54) is 17.6 Å². The third kappa shape index (κ3) is 4.71. The third-order valence-electron chi connectivity index (χ3n) is 4.06. The Morgan fingerprint density at radius 3 is 2.81 bits per heavy atom. The molecule has 3 heterocycles. The summed E-state index contributed by atoms with van der Waals surface area (Å²) in [5.41, 5.74) is 0.883. The number of carbonyl (C=O) groups is 2. The van der Waals surface area contributed by atoms with Gasteiger partial charge in [0.1, 0.15) is 24.9 Å². The molecule has 1 aliphatic rings. The summed E-state index contributed by atoms with van der Waals surface area (Å²) in [7, 11) is 1.99. The monoisotopic (exact) mass is 410 g/mol. The van der Waals surface area contributed by atoms with Crippen LogP contribution < -0.4 is 15.5 Å². The van der Waals surface area contributed by atoms with Gasteiger partial charge in [-0.15, -0.1) is 11.3 Å². The fourth-order valence-corrected chi connectivity index (χ4v) is 4.19. The Morgan fingerprint density at radius 2 is 2.19 bits per heavy atom. The topological polar surface area (TPSA) is 85.0 Å². The van der Waals surface area contributed by atoms with Crippen LogP contribution >= 0.6 is 22.9 Å². The number of halogens is 1. The summed E-state index contributed by atoms with van der Waals surface area (Å²) >= 11 is 7.51. The van der Waals surface area contributed by atoms with Gasteiger partial charge in [-0.05, 0) is 31.2 Å². The summed E-state index contributed by atoms with van der Waals surface area (Å²) in [6.45, 7) is 3.14. The Balaban J connectivity index is 1.89. The SMILES string of the molecule is CCOC(=O)C1=C(C[NH+](C)Cc2ccc(Cl)s2)NC(=O)N[C@H]1c1ccco1. The van der Waals surface area contributed by atoms with Crippen LogP contribution in [0, 0.1) is 0 Å². The molecule has 0 saturated carbocycles. The summed E-state index contributed by atoms with van der Waals surface area (Å²) in [4.78, 5) is 27.0. The molecule has 2 amide bonds. The Bertz CT molecular complexity index is 847. The van der Waals surface area contributed by atoms with E-state index >= 15 is 0 Å². The van der Waals surface area contributed by atoms with Crippen LogP contribution in [0.2, 0.25) is 4.34 Å². The van der Waals surface area contributed by atoms with E-state index in [9.17, 15) is 9.59 Å². The molecule has 0 fully saturated rings. The first-order valence-corrected chi connectivity index (χ1v) is 9.74. The van der Waals surface area contributed by atoms with Crippen LogP contribution in [0.5, 0.6) is 0 Å². The zero-order valence-electron chi connectivity index (χ0n) is 15.0. The third-order valence-corrected chi connectivity index (χ3v) is 5.29.